The molecule has 0 radical (unpaired) electrons. The minimum absolute atomic E-state index is 0.0638. The standard InChI is InChI=1S/C25H27NO4/c1-13-10-16-8-7-9-19(29-5)24(16)25(27)21(13)23-15(3)26-14(2)22-18(23)11-17(28-4)12-20(22)30-6/h7-12,15,23,27H,1-6H3/t15-,23+/m0/s1. The summed E-state index contributed by atoms with van der Waals surface area (Å²) in [5.74, 6) is 2.17. The zero-order chi connectivity index (χ0) is 21.6. The molecule has 0 fully saturated rings. The fourth-order valence-electron chi connectivity index (χ4n) is 4.74. The van der Waals surface area contributed by atoms with Crippen LogP contribution in [0, 0.1) is 6.92 Å². The van der Waals surface area contributed by atoms with E-state index in [1.54, 1.807) is 21.3 Å². The SMILES string of the molecule is COc1cc(OC)c2c(c1)[C@H](c1c(C)cc3cccc(OC)c3c1O)[C@H](C)N=C2C. The minimum atomic E-state index is -0.151. The molecular weight excluding hydrogens is 378 g/mol. The lowest BCUT2D eigenvalue weighted by atomic mass is 9.77. The molecule has 0 amide bonds. The highest BCUT2D eigenvalue weighted by Gasteiger charge is 2.34. The van der Waals surface area contributed by atoms with E-state index in [2.05, 4.69) is 13.0 Å². The molecule has 156 valence electrons. The molecule has 2 atom stereocenters. The van der Waals surface area contributed by atoms with E-state index in [-0.39, 0.29) is 17.7 Å². The maximum Gasteiger partial charge on any atom is 0.131 e. The monoisotopic (exact) mass is 405 g/mol. The van der Waals surface area contributed by atoms with Crippen molar-refractivity contribution < 1.29 is 19.3 Å². The Morgan fingerprint density at radius 1 is 0.933 bits per heavy atom. The number of benzene rings is 3. The van der Waals surface area contributed by atoms with E-state index in [1.165, 1.54) is 0 Å². The first-order chi connectivity index (χ1) is 14.4. The number of fused-ring (bicyclic) bond motifs is 2. The summed E-state index contributed by atoms with van der Waals surface area (Å²) >= 11 is 0. The summed E-state index contributed by atoms with van der Waals surface area (Å²) in [7, 11) is 4.92. The van der Waals surface area contributed by atoms with Crippen molar-refractivity contribution in [2.24, 2.45) is 4.99 Å². The molecule has 1 N–H and O–H groups in total. The highest BCUT2D eigenvalue weighted by atomic mass is 16.5. The molecule has 0 aromatic heterocycles. The number of phenolic OH excluding ortho intramolecular Hbond substituents is 1. The molecule has 0 unspecified atom stereocenters. The van der Waals surface area contributed by atoms with Crippen molar-refractivity contribution in [1.29, 1.82) is 0 Å². The second-order valence-corrected chi connectivity index (χ2v) is 7.74. The van der Waals surface area contributed by atoms with Gasteiger partial charge in [-0.25, -0.2) is 0 Å². The number of hydrogen-bond acceptors (Lipinski definition) is 5. The summed E-state index contributed by atoms with van der Waals surface area (Å²) in [5.41, 5.74) is 4.78. The van der Waals surface area contributed by atoms with E-state index < -0.39 is 0 Å². The maximum absolute atomic E-state index is 11.5. The third-order valence-corrected chi connectivity index (χ3v) is 6.02. The number of rotatable bonds is 4. The molecule has 0 spiro atoms. The fraction of sp³-hybridized carbons (Fsp3) is 0.320. The topological polar surface area (TPSA) is 60.3 Å². The summed E-state index contributed by atoms with van der Waals surface area (Å²) in [5, 5.41) is 13.1. The average molecular weight is 405 g/mol. The van der Waals surface area contributed by atoms with Gasteiger partial charge in [-0.15, -0.1) is 0 Å². The number of aryl methyl sites for hydroxylation is 1. The number of ether oxygens (including phenoxy) is 3. The number of nitrogens with zero attached hydrogens (tertiary/aromatic N) is 1. The van der Waals surface area contributed by atoms with Crippen LogP contribution >= 0.6 is 0 Å². The van der Waals surface area contributed by atoms with Crippen molar-refractivity contribution in [3.05, 3.63) is 58.7 Å². The van der Waals surface area contributed by atoms with Gasteiger partial charge in [0.2, 0.25) is 0 Å². The van der Waals surface area contributed by atoms with Crippen molar-refractivity contribution in [1.82, 2.24) is 0 Å². The predicted octanol–water partition coefficient (Wildman–Crippen LogP) is 5.22. The molecular formula is C25H27NO4. The Balaban J connectivity index is 2.06. The Bertz CT molecular complexity index is 1170. The highest BCUT2D eigenvalue weighted by Crippen LogP contribution is 2.48. The Morgan fingerprint density at radius 2 is 1.67 bits per heavy atom. The van der Waals surface area contributed by atoms with Crippen molar-refractivity contribution in [2.75, 3.05) is 21.3 Å². The first-order valence-corrected chi connectivity index (χ1v) is 10.0. The van der Waals surface area contributed by atoms with Gasteiger partial charge in [0, 0.05) is 28.8 Å². The number of aliphatic imine (C=N–C) groups is 1. The largest absolute Gasteiger partial charge is 0.507 e. The summed E-state index contributed by atoms with van der Waals surface area (Å²) in [4.78, 5) is 4.90. The normalized spacial score (nSPS) is 18.0. The van der Waals surface area contributed by atoms with Crippen LogP contribution in [0.1, 0.15) is 42.0 Å². The predicted molar refractivity (Wildman–Crippen MR) is 120 cm³/mol. The highest BCUT2D eigenvalue weighted by molar-refractivity contribution is 6.04. The van der Waals surface area contributed by atoms with E-state index in [4.69, 9.17) is 19.2 Å². The molecule has 1 aliphatic heterocycles. The molecule has 3 aromatic rings. The van der Waals surface area contributed by atoms with Gasteiger partial charge in [0.1, 0.15) is 23.0 Å². The molecule has 0 saturated heterocycles. The quantitative estimate of drug-likeness (QED) is 0.646. The van der Waals surface area contributed by atoms with Gasteiger partial charge in [-0.05, 0) is 49.4 Å². The zero-order valence-corrected chi connectivity index (χ0v) is 18.2. The van der Waals surface area contributed by atoms with Crippen LogP contribution in [0.3, 0.4) is 0 Å². The molecule has 0 saturated carbocycles. The fourth-order valence-corrected chi connectivity index (χ4v) is 4.74. The van der Waals surface area contributed by atoms with E-state index in [9.17, 15) is 5.11 Å². The van der Waals surface area contributed by atoms with Crippen LogP contribution in [0.15, 0.2) is 41.4 Å². The summed E-state index contributed by atoms with van der Waals surface area (Å²) in [6.07, 6.45) is 0. The smallest absolute Gasteiger partial charge is 0.131 e. The average Bonchev–Trinajstić information content (AvgIpc) is 2.74. The van der Waals surface area contributed by atoms with Gasteiger partial charge < -0.3 is 19.3 Å². The lowest BCUT2D eigenvalue weighted by molar-refractivity contribution is 0.391. The van der Waals surface area contributed by atoms with Crippen LogP contribution in [-0.2, 0) is 0 Å². The van der Waals surface area contributed by atoms with E-state index in [1.807, 2.05) is 44.2 Å². The third kappa shape index (κ3) is 2.96. The molecule has 4 rings (SSSR count). The summed E-state index contributed by atoms with van der Waals surface area (Å²) < 4.78 is 16.8. The van der Waals surface area contributed by atoms with Crippen molar-refractivity contribution in [3.63, 3.8) is 0 Å². The van der Waals surface area contributed by atoms with Gasteiger partial charge in [0.25, 0.3) is 0 Å². The van der Waals surface area contributed by atoms with Crippen LogP contribution in [0.4, 0.5) is 0 Å². The molecule has 1 aliphatic rings. The first-order valence-electron chi connectivity index (χ1n) is 10.0. The number of hydrogen-bond donors (Lipinski definition) is 1. The first kappa shape index (κ1) is 20.1. The van der Waals surface area contributed by atoms with Gasteiger partial charge >= 0.3 is 0 Å². The lowest BCUT2D eigenvalue weighted by Gasteiger charge is -2.32. The molecule has 5 heteroatoms. The molecule has 1 heterocycles. The van der Waals surface area contributed by atoms with Gasteiger partial charge in [0.05, 0.1) is 32.8 Å². The van der Waals surface area contributed by atoms with Gasteiger partial charge in [-0.1, -0.05) is 18.2 Å². The van der Waals surface area contributed by atoms with Gasteiger partial charge in [0.15, 0.2) is 0 Å². The second kappa shape index (κ2) is 7.56. The second-order valence-electron chi connectivity index (χ2n) is 7.74. The molecule has 0 aliphatic carbocycles. The number of phenols is 1. The Kier molecular flexibility index (Phi) is 5.06. The van der Waals surface area contributed by atoms with E-state index in [0.29, 0.717) is 11.5 Å². The van der Waals surface area contributed by atoms with Crippen molar-refractivity contribution in [2.45, 2.75) is 32.7 Å². The van der Waals surface area contributed by atoms with Crippen molar-refractivity contribution in [3.8, 4) is 23.0 Å². The summed E-state index contributed by atoms with van der Waals surface area (Å²) in [6.45, 7) is 6.11. The number of methoxy groups -OCH3 is 3. The minimum Gasteiger partial charge on any atom is -0.507 e. The van der Waals surface area contributed by atoms with Crippen LogP contribution in [0.2, 0.25) is 0 Å². The van der Waals surface area contributed by atoms with Crippen molar-refractivity contribution >= 4 is 16.5 Å². The summed E-state index contributed by atoms with van der Waals surface area (Å²) in [6, 6.07) is 11.7. The van der Waals surface area contributed by atoms with Gasteiger partial charge in [-0.2, -0.15) is 0 Å². The van der Waals surface area contributed by atoms with Crippen LogP contribution in [0.25, 0.3) is 10.8 Å². The Morgan fingerprint density at radius 3 is 2.33 bits per heavy atom. The van der Waals surface area contributed by atoms with Crippen LogP contribution in [0.5, 0.6) is 23.0 Å². The van der Waals surface area contributed by atoms with Crippen LogP contribution in [-0.4, -0.2) is 38.2 Å². The van der Waals surface area contributed by atoms with Crippen LogP contribution < -0.4 is 14.2 Å². The molecule has 3 aromatic carbocycles. The Labute approximate surface area is 176 Å². The third-order valence-electron chi connectivity index (χ3n) is 6.02. The zero-order valence-electron chi connectivity index (χ0n) is 18.2. The maximum atomic E-state index is 11.5. The molecule has 5 nitrogen and oxygen atoms in total. The number of aromatic hydroxyl groups is 1. The lowest BCUT2D eigenvalue weighted by Crippen LogP contribution is -2.25. The van der Waals surface area contributed by atoms with E-state index in [0.717, 1.165) is 44.5 Å². The van der Waals surface area contributed by atoms with E-state index >= 15 is 0 Å². The Hall–Kier alpha value is -3.21. The molecule has 30 heavy (non-hydrogen) atoms. The van der Waals surface area contributed by atoms with Gasteiger partial charge in [-0.3, -0.25) is 4.99 Å². The molecule has 0 bridgehead atoms.